The van der Waals surface area contributed by atoms with Crippen LogP contribution in [0.25, 0.3) is 11.1 Å². The molecule has 3 aromatic rings. The highest BCUT2D eigenvalue weighted by Gasteiger charge is 2.29. The zero-order chi connectivity index (χ0) is 24.4. The first kappa shape index (κ1) is 23.4. The fourth-order valence-corrected chi connectivity index (χ4v) is 4.85. The van der Waals surface area contributed by atoms with Gasteiger partial charge in [0, 0.05) is 12.0 Å². The molecule has 2 aromatic carbocycles. The Balaban J connectivity index is 1.39. The van der Waals surface area contributed by atoms with E-state index < -0.39 is 29.9 Å². The zero-order valence-electron chi connectivity index (χ0n) is 19.0. The molecule has 2 unspecified atom stereocenters. The summed E-state index contributed by atoms with van der Waals surface area (Å²) in [7, 11) is 0. The lowest BCUT2D eigenvalue weighted by Gasteiger charge is -2.17. The highest BCUT2D eigenvalue weighted by atomic mass is 32.1. The average molecular weight is 480 g/mol. The van der Waals surface area contributed by atoms with E-state index in [0.717, 1.165) is 33.6 Å². The van der Waals surface area contributed by atoms with Crippen LogP contribution in [0.15, 0.2) is 48.5 Å². The number of fused-ring (bicyclic) bond motifs is 3. The van der Waals surface area contributed by atoms with Crippen molar-refractivity contribution < 1.29 is 24.2 Å². The van der Waals surface area contributed by atoms with E-state index in [-0.39, 0.29) is 17.7 Å². The van der Waals surface area contributed by atoms with Gasteiger partial charge in [-0.05, 0) is 43.0 Å². The first-order valence-electron chi connectivity index (χ1n) is 10.9. The Morgan fingerprint density at radius 3 is 2.24 bits per heavy atom. The Bertz CT molecular complexity index is 1210. The summed E-state index contributed by atoms with van der Waals surface area (Å²) >= 11 is 1.01. The van der Waals surface area contributed by atoms with Crippen LogP contribution in [-0.4, -0.2) is 40.7 Å². The Morgan fingerprint density at radius 2 is 1.65 bits per heavy atom. The number of aliphatic carboxylic acids is 1. The molecular formula is C25H25N3O5S. The number of ether oxygens (including phenoxy) is 1. The molecular weight excluding hydrogens is 454 g/mol. The van der Waals surface area contributed by atoms with Crippen LogP contribution in [0.4, 0.5) is 9.93 Å². The molecule has 2 amide bonds. The summed E-state index contributed by atoms with van der Waals surface area (Å²) in [5, 5.41) is 14.6. The summed E-state index contributed by atoms with van der Waals surface area (Å²) in [6.45, 7) is 4.97. The molecule has 0 fully saturated rings. The van der Waals surface area contributed by atoms with E-state index in [2.05, 4.69) is 27.8 Å². The predicted molar refractivity (Wildman–Crippen MR) is 129 cm³/mol. The van der Waals surface area contributed by atoms with E-state index in [4.69, 9.17) is 9.84 Å². The maximum atomic E-state index is 12.6. The van der Waals surface area contributed by atoms with Crippen LogP contribution in [0.5, 0.6) is 0 Å². The lowest BCUT2D eigenvalue weighted by Crippen LogP contribution is -2.39. The van der Waals surface area contributed by atoms with Crippen molar-refractivity contribution in [3.63, 3.8) is 0 Å². The molecule has 8 nitrogen and oxygen atoms in total. The summed E-state index contributed by atoms with van der Waals surface area (Å²) in [6, 6.07) is 15.6. The monoisotopic (exact) mass is 479 g/mol. The molecule has 176 valence electrons. The van der Waals surface area contributed by atoms with Gasteiger partial charge in [0.05, 0.1) is 11.6 Å². The number of hydrogen-bond donors (Lipinski definition) is 3. The molecule has 2 atom stereocenters. The molecule has 1 heterocycles. The fourth-order valence-electron chi connectivity index (χ4n) is 3.99. The Kier molecular flexibility index (Phi) is 6.65. The minimum Gasteiger partial charge on any atom is -0.481 e. The smallest absolute Gasteiger partial charge is 0.413 e. The largest absolute Gasteiger partial charge is 0.481 e. The number of carbonyl (C=O) groups is 3. The fraction of sp³-hybridized carbons (Fsp3) is 0.280. The lowest BCUT2D eigenvalue weighted by molar-refractivity contribution is -0.141. The van der Waals surface area contributed by atoms with Crippen molar-refractivity contribution in [2.45, 2.75) is 32.7 Å². The maximum absolute atomic E-state index is 12.6. The first-order valence-corrected chi connectivity index (χ1v) is 11.7. The SMILES string of the molecule is Cc1nc(NC(=O)OCC2c3ccccc3-c3ccccc32)sc1C(=O)NC(C)C(C)C(=O)O. The van der Waals surface area contributed by atoms with Crippen LogP contribution in [0.3, 0.4) is 0 Å². The molecule has 3 N–H and O–H groups in total. The third kappa shape index (κ3) is 4.65. The third-order valence-corrected chi connectivity index (χ3v) is 7.13. The van der Waals surface area contributed by atoms with Gasteiger partial charge in [0.15, 0.2) is 5.13 Å². The maximum Gasteiger partial charge on any atom is 0.413 e. The van der Waals surface area contributed by atoms with Gasteiger partial charge in [-0.2, -0.15) is 0 Å². The Hall–Kier alpha value is -3.72. The van der Waals surface area contributed by atoms with Gasteiger partial charge in [-0.25, -0.2) is 9.78 Å². The second kappa shape index (κ2) is 9.64. The average Bonchev–Trinajstić information content (AvgIpc) is 3.34. The Morgan fingerprint density at radius 1 is 1.06 bits per heavy atom. The molecule has 9 heteroatoms. The van der Waals surface area contributed by atoms with Crippen molar-refractivity contribution in [3.05, 3.63) is 70.2 Å². The molecule has 1 aromatic heterocycles. The van der Waals surface area contributed by atoms with Crippen molar-refractivity contribution in [2.75, 3.05) is 11.9 Å². The van der Waals surface area contributed by atoms with E-state index in [1.807, 2.05) is 36.4 Å². The molecule has 1 aliphatic carbocycles. The number of carboxylic acid groups (broad SMARTS) is 1. The minimum atomic E-state index is -0.994. The van der Waals surface area contributed by atoms with Gasteiger partial charge in [0.25, 0.3) is 5.91 Å². The number of aromatic nitrogens is 1. The number of rotatable bonds is 7. The summed E-state index contributed by atoms with van der Waals surface area (Å²) in [5.41, 5.74) is 4.96. The summed E-state index contributed by atoms with van der Waals surface area (Å²) < 4.78 is 5.53. The molecule has 0 saturated heterocycles. The molecule has 0 saturated carbocycles. The van der Waals surface area contributed by atoms with Crippen LogP contribution in [0.2, 0.25) is 0 Å². The van der Waals surface area contributed by atoms with Crippen molar-refractivity contribution in [1.82, 2.24) is 10.3 Å². The normalized spacial score (nSPS) is 14.0. The topological polar surface area (TPSA) is 118 Å². The summed E-state index contributed by atoms with van der Waals surface area (Å²) in [5.74, 6) is -2.23. The number of carboxylic acids is 1. The third-order valence-electron chi connectivity index (χ3n) is 6.05. The van der Waals surface area contributed by atoms with Gasteiger partial charge in [0.2, 0.25) is 0 Å². The number of nitrogens with zero attached hydrogens (tertiary/aromatic N) is 1. The zero-order valence-corrected chi connectivity index (χ0v) is 19.8. The van der Waals surface area contributed by atoms with Crippen molar-refractivity contribution in [3.8, 4) is 11.1 Å². The summed E-state index contributed by atoms with van der Waals surface area (Å²) in [6.07, 6.45) is -0.657. The van der Waals surface area contributed by atoms with E-state index >= 15 is 0 Å². The quantitative estimate of drug-likeness (QED) is 0.454. The highest BCUT2D eigenvalue weighted by Crippen LogP contribution is 2.44. The molecule has 1 aliphatic rings. The van der Waals surface area contributed by atoms with Crippen molar-refractivity contribution in [2.24, 2.45) is 5.92 Å². The van der Waals surface area contributed by atoms with Crippen LogP contribution in [0, 0.1) is 12.8 Å². The minimum absolute atomic E-state index is 0.0600. The van der Waals surface area contributed by atoms with E-state index in [1.54, 1.807) is 13.8 Å². The number of benzene rings is 2. The lowest BCUT2D eigenvalue weighted by atomic mass is 9.98. The molecule has 0 radical (unpaired) electrons. The molecule has 0 aliphatic heterocycles. The van der Waals surface area contributed by atoms with E-state index in [0.29, 0.717) is 10.6 Å². The number of amides is 2. The highest BCUT2D eigenvalue weighted by molar-refractivity contribution is 7.17. The number of nitrogens with one attached hydrogen (secondary N) is 2. The van der Waals surface area contributed by atoms with Crippen LogP contribution in [-0.2, 0) is 9.53 Å². The van der Waals surface area contributed by atoms with E-state index in [9.17, 15) is 14.4 Å². The number of hydrogen-bond acceptors (Lipinski definition) is 6. The predicted octanol–water partition coefficient (Wildman–Crippen LogP) is 4.65. The van der Waals surface area contributed by atoms with Crippen LogP contribution in [0.1, 0.15) is 46.3 Å². The first-order chi connectivity index (χ1) is 16.3. The van der Waals surface area contributed by atoms with Crippen LogP contribution < -0.4 is 10.6 Å². The van der Waals surface area contributed by atoms with Crippen molar-refractivity contribution in [1.29, 1.82) is 0 Å². The molecule has 0 bridgehead atoms. The number of anilines is 1. The standard InChI is InChI=1S/C25H25N3O5S/c1-13(23(30)31)14(2)26-22(29)21-15(3)27-24(34-21)28-25(32)33-12-20-18-10-6-4-8-16(18)17-9-5-7-11-19(17)20/h4-11,13-14,20H,12H2,1-3H3,(H,26,29)(H,30,31)(H,27,28,32). The molecule has 4 rings (SSSR count). The number of thiazole rings is 1. The van der Waals surface area contributed by atoms with Gasteiger partial charge < -0.3 is 15.2 Å². The summed E-state index contributed by atoms with van der Waals surface area (Å²) in [4.78, 5) is 40.7. The Labute approximate surface area is 201 Å². The molecule has 34 heavy (non-hydrogen) atoms. The van der Waals surface area contributed by atoms with Gasteiger partial charge in [-0.15, -0.1) is 0 Å². The number of aryl methyl sites for hydroxylation is 1. The second-order valence-corrected chi connectivity index (χ2v) is 9.27. The second-order valence-electron chi connectivity index (χ2n) is 8.27. The van der Waals surface area contributed by atoms with Gasteiger partial charge in [-0.3, -0.25) is 14.9 Å². The van der Waals surface area contributed by atoms with Crippen molar-refractivity contribution >= 4 is 34.4 Å². The van der Waals surface area contributed by atoms with Gasteiger partial charge in [-0.1, -0.05) is 59.9 Å². The molecule has 0 spiro atoms. The number of carbonyl (C=O) groups excluding carboxylic acids is 2. The van der Waals surface area contributed by atoms with Crippen LogP contribution >= 0.6 is 11.3 Å². The van der Waals surface area contributed by atoms with E-state index in [1.165, 1.54) is 6.92 Å². The van der Waals surface area contributed by atoms with Gasteiger partial charge in [0.1, 0.15) is 11.5 Å². The van der Waals surface area contributed by atoms with Gasteiger partial charge >= 0.3 is 12.1 Å².